The van der Waals surface area contributed by atoms with Crippen molar-refractivity contribution in [3.63, 3.8) is 0 Å². The van der Waals surface area contributed by atoms with Crippen molar-refractivity contribution in [2.75, 3.05) is 20.8 Å². The molecule has 0 amide bonds. The zero-order chi connectivity index (χ0) is 13.7. The van der Waals surface area contributed by atoms with Gasteiger partial charge in [-0.25, -0.2) is 0 Å². The van der Waals surface area contributed by atoms with Crippen LogP contribution < -0.4 is 11.3 Å². The van der Waals surface area contributed by atoms with Crippen LogP contribution >= 0.6 is 0 Å². The van der Waals surface area contributed by atoms with Crippen LogP contribution in [-0.4, -0.2) is 33.2 Å². The molecule has 5 heteroatoms. The van der Waals surface area contributed by atoms with E-state index in [2.05, 4.69) is 23.6 Å². The van der Waals surface area contributed by atoms with Crippen LogP contribution in [0.25, 0.3) is 0 Å². The van der Waals surface area contributed by atoms with Gasteiger partial charge in [-0.15, -0.1) is 0 Å². The topological polar surface area (TPSA) is 65.7 Å². The van der Waals surface area contributed by atoms with Gasteiger partial charge in [-0.05, 0) is 24.0 Å². The van der Waals surface area contributed by atoms with Gasteiger partial charge in [-0.3, -0.25) is 11.3 Å². The lowest BCUT2D eigenvalue weighted by atomic mass is 9.93. The number of fused-ring (bicyclic) bond motifs is 1. The Bertz CT molecular complexity index is 396. The van der Waals surface area contributed by atoms with Crippen LogP contribution in [0, 0.1) is 0 Å². The van der Waals surface area contributed by atoms with Gasteiger partial charge in [-0.1, -0.05) is 24.3 Å². The van der Waals surface area contributed by atoms with Crippen LogP contribution in [-0.2, 0) is 20.6 Å². The van der Waals surface area contributed by atoms with Gasteiger partial charge in [0.2, 0.25) is 0 Å². The highest BCUT2D eigenvalue weighted by molar-refractivity contribution is 5.31. The molecule has 5 nitrogen and oxygen atoms in total. The summed E-state index contributed by atoms with van der Waals surface area (Å²) in [7, 11) is 3.21. The van der Waals surface area contributed by atoms with E-state index in [0.29, 0.717) is 6.42 Å². The second-order valence-electron chi connectivity index (χ2n) is 4.66. The Morgan fingerprint density at radius 3 is 2.79 bits per heavy atom. The highest BCUT2D eigenvalue weighted by Crippen LogP contribution is 2.31. The molecule has 0 spiro atoms. The summed E-state index contributed by atoms with van der Waals surface area (Å²) in [6.07, 6.45) is 1.31. The number of nitrogens with two attached hydrogens (primary N) is 1. The summed E-state index contributed by atoms with van der Waals surface area (Å²) in [4.78, 5) is 0. The number of ether oxygens (including phenoxy) is 3. The van der Waals surface area contributed by atoms with Crippen LogP contribution in [0.4, 0.5) is 0 Å². The molecule has 1 aliphatic heterocycles. The third kappa shape index (κ3) is 3.32. The summed E-state index contributed by atoms with van der Waals surface area (Å²) in [5.41, 5.74) is 5.34. The molecule has 0 saturated heterocycles. The Balaban J connectivity index is 2.10. The molecule has 0 aromatic heterocycles. The van der Waals surface area contributed by atoms with Crippen LogP contribution in [0.15, 0.2) is 24.3 Å². The van der Waals surface area contributed by atoms with Crippen molar-refractivity contribution in [2.45, 2.75) is 31.3 Å². The first kappa shape index (κ1) is 14.4. The molecule has 1 aromatic rings. The number of hydrazine groups is 1. The Morgan fingerprint density at radius 1 is 1.37 bits per heavy atom. The number of hydrogen-bond donors (Lipinski definition) is 2. The molecule has 1 heterocycles. The number of benzene rings is 1. The number of methoxy groups -OCH3 is 2. The van der Waals surface area contributed by atoms with E-state index in [1.54, 1.807) is 14.2 Å². The number of hydrogen-bond acceptors (Lipinski definition) is 5. The molecule has 2 unspecified atom stereocenters. The average molecular weight is 266 g/mol. The smallest absolute Gasteiger partial charge is 0.173 e. The summed E-state index contributed by atoms with van der Waals surface area (Å²) in [6, 6.07) is 8.25. The summed E-state index contributed by atoms with van der Waals surface area (Å²) in [5, 5.41) is 0. The lowest BCUT2D eigenvalue weighted by Gasteiger charge is -2.31. The summed E-state index contributed by atoms with van der Waals surface area (Å²) >= 11 is 0. The van der Waals surface area contributed by atoms with Gasteiger partial charge in [0.25, 0.3) is 0 Å². The lowest BCUT2D eigenvalue weighted by Crippen LogP contribution is -2.47. The van der Waals surface area contributed by atoms with Gasteiger partial charge < -0.3 is 14.2 Å². The Morgan fingerprint density at radius 2 is 2.11 bits per heavy atom. The summed E-state index contributed by atoms with van der Waals surface area (Å²) in [5.74, 6) is 5.60. The van der Waals surface area contributed by atoms with Crippen molar-refractivity contribution in [3.8, 4) is 0 Å². The fraction of sp³-hybridized carbons (Fsp3) is 0.571. The third-order valence-electron chi connectivity index (χ3n) is 3.57. The Kier molecular flexibility index (Phi) is 5.30. The zero-order valence-electron chi connectivity index (χ0n) is 11.5. The predicted molar refractivity (Wildman–Crippen MR) is 72.4 cm³/mol. The van der Waals surface area contributed by atoms with Crippen LogP contribution in [0.1, 0.15) is 23.7 Å². The molecule has 0 fully saturated rings. The molecule has 0 aliphatic carbocycles. The van der Waals surface area contributed by atoms with Gasteiger partial charge in [0.1, 0.15) is 0 Å². The van der Waals surface area contributed by atoms with E-state index in [9.17, 15) is 0 Å². The predicted octanol–water partition coefficient (Wildman–Crippen LogP) is 1.14. The van der Waals surface area contributed by atoms with Crippen LogP contribution in [0.5, 0.6) is 0 Å². The molecule has 0 saturated carbocycles. The third-order valence-corrected chi connectivity index (χ3v) is 3.57. The molecule has 19 heavy (non-hydrogen) atoms. The highest BCUT2D eigenvalue weighted by atomic mass is 16.7. The van der Waals surface area contributed by atoms with Crippen molar-refractivity contribution in [1.82, 2.24) is 5.43 Å². The van der Waals surface area contributed by atoms with Gasteiger partial charge >= 0.3 is 0 Å². The molecule has 106 valence electrons. The fourth-order valence-corrected chi connectivity index (χ4v) is 2.59. The standard InChI is InChI=1S/C14H22N2O3/c1-17-14(18-2)12(16-15)9-13-11-6-4-3-5-10(11)7-8-19-13/h3-6,12-14,16H,7-9,15H2,1-2H3. The van der Waals surface area contributed by atoms with Gasteiger partial charge in [0.05, 0.1) is 18.8 Å². The van der Waals surface area contributed by atoms with Crippen LogP contribution in [0.3, 0.4) is 0 Å². The second-order valence-corrected chi connectivity index (χ2v) is 4.66. The Labute approximate surface area is 114 Å². The molecule has 1 aromatic carbocycles. The van der Waals surface area contributed by atoms with Crippen molar-refractivity contribution in [2.24, 2.45) is 5.84 Å². The highest BCUT2D eigenvalue weighted by Gasteiger charge is 2.28. The minimum atomic E-state index is -0.386. The molecule has 2 rings (SSSR count). The second kappa shape index (κ2) is 6.98. The first-order chi connectivity index (χ1) is 9.30. The monoisotopic (exact) mass is 266 g/mol. The molecular weight excluding hydrogens is 244 g/mol. The van der Waals surface area contributed by atoms with Crippen molar-refractivity contribution in [3.05, 3.63) is 35.4 Å². The first-order valence-electron chi connectivity index (χ1n) is 6.51. The molecule has 2 atom stereocenters. The van der Waals surface area contributed by atoms with E-state index in [1.807, 2.05) is 6.07 Å². The normalized spacial score (nSPS) is 20.3. The minimum Gasteiger partial charge on any atom is -0.373 e. The van der Waals surface area contributed by atoms with E-state index < -0.39 is 0 Å². The number of rotatable bonds is 6. The van der Waals surface area contributed by atoms with E-state index in [1.165, 1.54) is 11.1 Å². The summed E-state index contributed by atoms with van der Waals surface area (Å²) < 4.78 is 16.4. The van der Waals surface area contributed by atoms with Crippen LogP contribution in [0.2, 0.25) is 0 Å². The molecule has 0 bridgehead atoms. The van der Waals surface area contributed by atoms with Crippen molar-refractivity contribution >= 4 is 0 Å². The first-order valence-corrected chi connectivity index (χ1v) is 6.51. The van der Waals surface area contributed by atoms with Gasteiger partial charge in [0.15, 0.2) is 6.29 Å². The maximum atomic E-state index is 5.87. The van der Waals surface area contributed by atoms with E-state index in [4.69, 9.17) is 20.1 Å². The van der Waals surface area contributed by atoms with E-state index >= 15 is 0 Å². The van der Waals surface area contributed by atoms with Crippen molar-refractivity contribution in [1.29, 1.82) is 0 Å². The largest absolute Gasteiger partial charge is 0.373 e. The maximum absolute atomic E-state index is 5.87. The van der Waals surface area contributed by atoms with Crippen molar-refractivity contribution < 1.29 is 14.2 Å². The van der Waals surface area contributed by atoms with Gasteiger partial charge in [-0.2, -0.15) is 0 Å². The molecular formula is C14H22N2O3. The molecule has 3 N–H and O–H groups in total. The van der Waals surface area contributed by atoms with Gasteiger partial charge in [0, 0.05) is 14.2 Å². The summed E-state index contributed by atoms with van der Waals surface area (Å²) in [6.45, 7) is 0.740. The zero-order valence-corrected chi connectivity index (χ0v) is 11.5. The van der Waals surface area contributed by atoms with E-state index in [-0.39, 0.29) is 18.4 Å². The average Bonchev–Trinajstić information content (AvgIpc) is 2.47. The molecule has 1 aliphatic rings. The quantitative estimate of drug-likeness (QED) is 0.459. The molecule has 0 radical (unpaired) electrons. The minimum absolute atomic E-state index is 0.0267. The lowest BCUT2D eigenvalue weighted by molar-refractivity contribution is -0.131. The number of nitrogens with one attached hydrogen (secondary N) is 1. The maximum Gasteiger partial charge on any atom is 0.173 e. The SMILES string of the molecule is COC(OC)C(CC1OCCc2ccccc21)NN. The Hall–Kier alpha value is -0.980. The van der Waals surface area contributed by atoms with E-state index in [0.717, 1.165) is 13.0 Å². The fourth-order valence-electron chi connectivity index (χ4n) is 2.59.